The summed E-state index contributed by atoms with van der Waals surface area (Å²) in [6.07, 6.45) is 0. The third-order valence-electron chi connectivity index (χ3n) is 4.26. The Morgan fingerprint density at radius 2 is 2.08 bits per heavy atom. The molecule has 2 saturated heterocycles. The molecule has 0 spiro atoms. The van der Waals surface area contributed by atoms with Gasteiger partial charge in [-0.15, -0.1) is 11.8 Å². The molecule has 4 atom stereocenters. The van der Waals surface area contributed by atoms with E-state index in [0.717, 1.165) is 0 Å². The number of para-hydroxylation sites is 1. The molecule has 4 unspecified atom stereocenters. The summed E-state index contributed by atoms with van der Waals surface area (Å²) >= 11 is 4.73. The van der Waals surface area contributed by atoms with Crippen molar-refractivity contribution in [1.29, 1.82) is 0 Å². The number of carboxylic acids is 1. The number of thioether (sulfide) groups is 1. The fourth-order valence-corrected chi connectivity index (χ4v) is 5.34. The third kappa shape index (κ3) is 3.22. The maximum Gasteiger partial charge on any atom is 0.327 e. The van der Waals surface area contributed by atoms with Crippen LogP contribution in [0.1, 0.15) is 6.92 Å². The van der Waals surface area contributed by atoms with Gasteiger partial charge in [0.1, 0.15) is 23.2 Å². The van der Waals surface area contributed by atoms with Gasteiger partial charge in [-0.25, -0.2) is 4.79 Å². The highest BCUT2D eigenvalue weighted by atomic mass is 79.9. The summed E-state index contributed by atoms with van der Waals surface area (Å²) in [5, 5.41) is 12.2. The van der Waals surface area contributed by atoms with Crippen molar-refractivity contribution >= 4 is 45.5 Å². The van der Waals surface area contributed by atoms with Gasteiger partial charge >= 0.3 is 5.97 Å². The van der Waals surface area contributed by atoms with Crippen molar-refractivity contribution in [3.8, 4) is 5.75 Å². The van der Waals surface area contributed by atoms with Crippen LogP contribution in [0.15, 0.2) is 30.3 Å². The lowest BCUT2D eigenvalue weighted by Gasteiger charge is -2.43. The number of hydrogen-bond donors (Lipinski definition) is 2. The Balaban J connectivity index is 1.61. The molecule has 2 heterocycles. The first-order chi connectivity index (χ1) is 11.9. The molecular formula is C16H17BrN2O5S. The minimum Gasteiger partial charge on any atom is -0.484 e. The second kappa shape index (κ2) is 6.87. The number of β-lactam (4-membered cyclic amide) rings is 1. The number of ether oxygens (including phenoxy) is 1. The monoisotopic (exact) mass is 428 g/mol. The number of carbonyl (C=O) groups excluding carboxylic acids is 2. The summed E-state index contributed by atoms with van der Waals surface area (Å²) in [5.74, 6) is -1.26. The van der Waals surface area contributed by atoms with E-state index in [1.807, 2.05) is 6.07 Å². The van der Waals surface area contributed by atoms with E-state index < -0.39 is 28.7 Å². The van der Waals surface area contributed by atoms with Gasteiger partial charge in [0.15, 0.2) is 6.61 Å². The first-order valence-corrected chi connectivity index (χ1v) is 9.63. The molecule has 0 aromatic heterocycles. The maximum atomic E-state index is 12.3. The van der Waals surface area contributed by atoms with Gasteiger partial charge < -0.3 is 20.1 Å². The fraction of sp³-hybridized carbons (Fsp3) is 0.438. The lowest BCUT2D eigenvalue weighted by Crippen LogP contribution is -2.71. The average Bonchev–Trinajstić information content (AvgIpc) is 2.89. The van der Waals surface area contributed by atoms with Gasteiger partial charge in [-0.2, -0.15) is 0 Å². The lowest BCUT2D eigenvalue weighted by atomic mass is 9.96. The van der Waals surface area contributed by atoms with Crippen LogP contribution in [-0.2, 0) is 14.4 Å². The summed E-state index contributed by atoms with van der Waals surface area (Å²) in [6, 6.07) is 7.25. The molecule has 1 aromatic carbocycles. The van der Waals surface area contributed by atoms with E-state index in [-0.39, 0.29) is 17.9 Å². The highest BCUT2D eigenvalue weighted by Gasteiger charge is 2.65. The zero-order valence-corrected chi connectivity index (χ0v) is 15.7. The van der Waals surface area contributed by atoms with E-state index >= 15 is 0 Å². The Hall–Kier alpha value is -1.74. The number of benzene rings is 1. The number of halogens is 1. The van der Waals surface area contributed by atoms with E-state index in [1.54, 1.807) is 31.2 Å². The number of carbonyl (C=O) groups is 3. The van der Waals surface area contributed by atoms with Crippen LogP contribution >= 0.6 is 27.7 Å². The van der Waals surface area contributed by atoms with Crippen LogP contribution in [-0.4, -0.2) is 61.9 Å². The summed E-state index contributed by atoms with van der Waals surface area (Å²) in [7, 11) is 0. The van der Waals surface area contributed by atoms with Crippen LogP contribution in [0.4, 0.5) is 0 Å². The van der Waals surface area contributed by atoms with Crippen LogP contribution in [0, 0.1) is 0 Å². The number of amides is 2. The molecule has 1 aromatic rings. The van der Waals surface area contributed by atoms with Crippen molar-refractivity contribution in [1.82, 2.24) is 10.2 Å². The minimum absolute atomic E-state index is 0.205. The highest BCUT2D eigenvalue weighted by Crippen LogP contribution is 2.51. The first kappa shape index (κ1) is 18.1. The van der Waals surface area contributed by atoms with Gasteiger partial charge in [-0.1, -0.05) is 34.1 Å². The Morgan fingerprint density at radius 1 is 1.40 bits per heavy atom. The molecule has 9 heteroatoms. The van der Waals surface area contributed by atoms with Crippen LogP contribution in [0.2, 0.25) is 0 Å². The average molecular weight is 429 g/mol. The maximum absolute atomic E-state index is 12.3. The van der Waals surface area contributed by atoms with E-state index in [2.05, 4.69) is 21.2 Å². The number of nitrogens with zero attached hydrogens (tertiary/aromatic N) is 1. The summed E-state index contributed by atoms with van der Waals surface area (Å²) in [4.78, 5) is 37.3. The van der Waals surface area contributed by atoms with Crippen molar-refractivity contribution in [3.63, 3.8) is 0 Å². The second-order valence-corrected chi connectivity index (χ2v) is 8.30. The molecule has 0 saturated carbocycles. The molecule has 0 aliphatic carbocycles. The van der Waals surface area contributed by atoms with Crippen LogP contribution < -0.4 is 10.1 Å². The minimum atomic E-state index is -1.04. The molecule has 0 radical (unpaired) electrons. The molecule has 2 N–H and O–H groups in total. The number of carboxylic acid groups (broad SMARTS) is 1. The van der Waals surface area contributed by atoms with Crippen molar-refractivity contribution in [2.75, 3.05) is 11.9 Å². The molecule has 2 amide bonds. The molecular weight excluding hydrogens is 412 g/mol. The molecule has 3 rings (SSSR count). The Morgan fingerprint density at radius 3 is 2.68 bits per heavy atom. The molecule has 2 aliphatic rings. The second-order valence-electron chi connectivity index (χ2n) is 6.09. The number of hydrogen-bond acceptors (Lipinski definition) is 5. The predicted molar refractivity (Wildman–Crippen MR) is 95.7 cm³/mol. The van der Waals surface area contributed by atoms with Crippen molar-refractivity contribution in [3.05, 3.63) is 30.3 Å². The summed E-state index contributed by atoms with van der Waals surface area (Å²) in [6.45, 7) is 1.59. The standard InChI is InChI=1S/C16H17BrN2O5S/c1-16(8-17)12(15(22)23)19-13(21)11(14(19)25-16)18-10(20)7-24-9-5-3-2-4-6-9/h2-6,11-12,14H,7-8H2,1H3,(H,18,20)(H,22,23). The number of aliphatic carboxylic acids is 1. The number of fused-ring (bicyclic) bond motifs is 1. The number of nitrogens with one attached hydrogen (secondary N) is 1. The smallest absolute Gasteiger partial charge is 0.327 e. The molecule has 134 valence electrons. The number of rotatable bonds is 6. The van der Waals surface area contributed by atoms with Crippen LogP contribution in [0.5, 0.6) is 5.75 Å². The SMILES string of the molecule is CC1(CBr)SC2C(NC(=O)COc3ccccc3)C(=O)N2C1C(=O)O. The fourth-order valence-electron chi connectivity index (χ4n) is 3.02. The van der Waals surface area contributed by atoms with E-state index in [4.69, 9.17) is 4.74 Å². The van der Waals surface area contributed by atoms with E-state index in [1.165, 1.54) is 16.7 Å². The lowest BCUT2D eigenvalue weighted by molar-refractivity contribution is -0.161. The largest absolute Gasteiger partial charge is 0.484 e. The molecule has 7 nitrogen and oxygen atoms in total. The van der Waals surface area contributed by atoms with Crippen LogP contribution in [0.3, 0.4) is 0 Å². The van der Waals surface area contributed by atoms with Crippen molar-refractivity contribution in [2.24, 2.45) is 0 Å². The summed E-state index contributed by atoms with van der Waals surface area (Å²) in [5.41, 5.74) is 0. The van der Waals surface area contributed by atoms with Crippen molar-refractivity contribution in [2.45, 2.75) is 29.1 Å². The van der Waals surface area contributed by atoms with Gasteiger partial charge in [0, 0.05) is 5.33 Å². The summed E-state index contributed by atoms with van der Waals surface area (Å²) < 4.78 is 4.71. The molecule has 0 bridgehead atoms. The van der Waals surface area contributed by atoms with Gasteiger partial charge in [0.2, 0.25) is 5.91 Å². The van der Waals surface area contributed by atoms with Gasteiger partial charge in [0.25, 0.3) is 5.91 Å². The predicted octanol–water partition coefficient (Wildman–Crippen LogP) is 1.07. The Kier molecular flexibility index (Phi) is 4.97. The van der Waals surface area contributed by atoms with Gasteiger partial charge in [0.05, 0.1) is 4.75 Å². The normalized spacial score (nSPS) is 30.4. The van der Waals surface area contributed by atoms with E-state index in [0.29, 0.717) is 11.1 Å². The van der Waals surface area contributed by atoms with Gasteiger partial charge in [-0.05, 0) is 19.1 Å². The zero-order chi connectivity index (χ0) is 18.2. The highest BCUT2D eigenvalue weighted by molar-refractivity contribution is 9.09. The van der Waals surface area contributed by atoms with E-state index in [9.17, 15) is 19.5 Å². The topological polar surface area (TPSA) is 95.9 Å². The third-order valence-corrected chi connectivity index (χ3v) is 7.44. The number of alkyl halides is 1. The van der Waals surface area contributed by atoms with Crippen molar-refractivity contribution < 1.29 is 24.2 Å². The zero-order valence-electron chi connectivity index (χ0n) is 13.3. The van der Waals surface area contributed by atoms with Gasteiger partial charge in [-0.3, -0.25) is 9.59 Å². The Bertz CT molecular complexity index is 703. The molecule has 2 aliphatic heterocycles. The molecule has 25 heavy (non-hydrogen) atoms. The van der Waals surface area contributed by atoms with Crippen LogP contribution in [0.25, 0.3) is 0 Å². The molecule has 2 fully saturated rings. The quantitative estimate of drug-likeness (QED) is 0.519. The Labute approximate surface area is 157 Å². The first-order valence-electron chi connectivity index (χ1n) is 7.63.